The van der Waals surface area contributed by atoms with Gasteiger partial charge >= 0.3 is 0 Å². The number of halogens is 1. The van der Waals surface area contributed by atoms with Gasteiger partial charge in [0.15, 0.2) is 0 Å². The Morgan fingerprint density at radius 1 is 1.19 bits per heavy atom. The number of ether oxygens (including phenoxy) is 1. The molecular weight excluding hydrogens is 269 g/mol. The van der Waals surface area contributed by atoms with Crippen LogP contribution in [0.15, 0.2) is 42.5 Å². The van der Waals surface area contributed by atoms with Gasteiger partial charge in [0, 0.05) is 19.2 Å². The zero-order chi connectivity index (χ0) is 15.4. The molecule has 0 atom stereocenters. The van der Waals surface area contributed by atoms with E-state index in [9.17, 15) is 9.18 Å². The van der Waals surface area contributed by atoms with Gasteiger partial charge < -0.3 is 9.64 Å². The number of amides is 1. The smallest absolute Gasteiger partial charge is 0.254 e. The molecule has 0 aliphatic carbocycles. The SMILES string of the molecule is COc1cc(C(=O)N(C)Cc2ccc(F)cc2)ccc1C. The van der Waals surface area contributed by atoms with Gasteiger partial charge in [-0.25, -0.2) is 4.39 Å². The van der Waals surface area contributed by atoms with E-state index < -0.39 is 0 Å². The normalized spacial score (nSPS) is 10.3. The molecular formula is C17H18FNO2. The maximum Gasteiger partial charge on any atom is 0.254 e. The molecule has 0 N–H and O–H groups in total. The summed E-state index contributed by atoms with van der Waals surface area (Å²) >= 11 is 0. The molecule has 0 aliphatic heterocycles. The Balaban J connectivity index is 2.13. The molecule has 0 radical (unpaired) electrons. The van der Waals surface area contributed by atoms with Crippen molar-refractivity contribution in [2.75, 3.05) is 14.2 Å². The van der Waals surface area contributed by atoms with Crippen molar-refractivity contribution >= 4 is 5.91 Å². The van der Waals surface area contributed by atoms with Crippen molar-refractivity contribution in [3.05, 3.63) is 65.0 Å². The van der Waals surface area contributed by atoms with Gasteiger partial charge in [-0.1, -0.05) is 18.2 Å². The fraction of sp³-hybridized carbons (Fsp3) is 0.235. The number of nitrogens with zero attached hydrogens (tertiary/aromatic N) is 1. The van der Waals surface area contributed by atoms with Crippen LogP contribution in [0.5, 0.6) is 5.75 Å². The summed E-state index contributed by atoms with van der Waals surface area (Å²) in [5, 5.41) is 0. The predicted octanol–water partition coefficient (Wildman–Crippen LogP) is 3.41. The Morgan fingerprint density at radius 2 is 1.86 bits per heavy atom. The largest absolute Gasteiger partial charge is 0.496 e. The molecule has 2 rings (SSSR count). The summed E-state index contributed by atoms with van der Waals surface area (Å²) < 4.78 is 18.1. The first-order valence-electron chi connectivity index (χ1n) is 6.66. The fourth-order valence-electron chi connectivity index (χ4n) is 2.11. The third kappa shape index (κ3) is 3.60. The molecule has 2 aromatic rings. The Bertz CT molecular complexity index is 638. The molecule has 110 valence electrons. The van der Waals surface area contributed by atoms with Crippen molar-refractivity contribution in [1.82, 2.24) is 4.90 Å². The summed E-state index contributed by atoms with van der Waals surface area (Å²) in [7, 11) is 3.30. The van der Waals surface area contributed by atoms with Crippen LogP contribution < -0.4 is 4.74 Å². The molecule has 3 nitrogen and oxygen atoms in total. The first-order chi connectivity index (χ1) is 10.0. The maximum atomic E-state index is 12.9. The number of methoxy groups -OCH3 is 1. The highest BCUT2D eigenvalue weighted by Crippen LogP contribution is 2.20. The molecule has 0 unspecified atom stereocenters. The van der Waals surface area contributed by atoms with Crippen molar-refractivity contribution in [3.63, 3.8) is 0 Å². The van der Waals surface area contributed by atoms with Crippen LogP contribution in [-0.2, 0) is 6.54 Å². The molecule has 1 amide bonds. The number of hydrogen-bond acceptors (Lipinski definition) is 2. The topological polar surface area (TPSA) is 29.5 Å². The maximum absolute atomic E-state index is 12.9. The number of carbonyl (C=O) groups excluding carboxylic acids is 1. The van der Waals surface area contributed by atoms with Gasteiger partial charge in [-0.3, -0.25) is 4.79 Å². The zero-order valence-corrected chi connectivity index (χ0v) is 12.4. The van der Waals surface area contributed by atoms with Gasteiger partial charge in [0.05, 0.1) is 7.11 Å². The average Bonchev–Trinajstić information content (AvgIpc) is 2.49. The Hall–Kier alpha value is -2.36. The molecule has 0 spiro atoms. The quantitative estimate of drug-likeness (QED) is 0.862. The molecule has 21 heavy (non-hydrogen) atoms. The lowest BCUT2D eigenvalue weighted by Crippen LogP contribution is -2.26. The number of carbonyl (C=O) groups is 1. The van der Waals surface area contributed by atoms with Gasteiger partial charge in [-0.15, -0.1) is 0 Å². The second-order valence-corrected chi connectivity index (χ2v) is 4.97. The molecule has 0 saturated heterocycles. The average molecular weight is 287 g/mol. The lowest BCUT2D eigenvalue weighted by molar-refractivity contribution is 0.0784. The van der Waals surface area contributed by atoms with Crippen LogP contribution in [0.3, 0.4) is 0 Å². The highest BCUT2D eigenvalue weighted by atomic mass is 19.1. The van der Waals surface area contributed by atoms with Gasteiger partial charge in [-0.05, 0) is 42.3 Å². The van der Waals surface area contributed by atoms with Gasteiger partial charge in [-0.2, -0.15) is 0 Å². The van der Waals surface area contributed by atoms with Gasteiger partial charge in [0.2, 0.25) is 0 Å². The minimum absolute atomic E-state index is 0.0994. The third-order valence-corrected chi connectivity index (χ3v) is 3.33. The van der Waals surface area contributed by atoms with Crippen LogP contribution in [0.4, 0.5) is 4.39 Å². The lowest BCUT2D eigenvalue weighted by Gasteiger charge is -2.18. The number of benzene rings is 2. The minimum atomic E-state index is -0.281. The van der Waals surface area contributed by atoms with Crippen LogP contribution in [0.25, 0.3) is 0 Å². The van der Waals surface area contributed by atoms with Crippen LogP contribution in [-0.4, -0.2) is 25.0 Å². The predicted molar refractivity (Wildman–Crippen MR) is 79.9 cm³/mol. The fourth-order valence-corrected chi connectivity index (χ4v) is 2.11. The molecule has 4 heteroatoms. The second kappa shape index (κ2) is 6.39. The van der Waals surface area contributed by atoms with E-state index in [0.717, 1.165) is 11.1 Å². The highest BCUT2D eigenvalue weighted by molar-refractivity contribution is 5.94. The summed E-state index contributed by atoms with van der Waals surface area (Å²) in [4.78, 5) is 14.0. The van der Waals surface area contributed by atoms with Crippen molar-refractivity contribution in [2.24, 2.45) is 0 Å². The van der Waals surface area contributed by atoms with Crippen molar-refractivity contribution in [2.45, 2.75) is 13.5 Å². The second-order valence-electron chi connectivity index (χ2n) is 4.97. The third-order valence-electron chi connectivity index (χ3n) is 3.33. The Kier molecular flexibility index (Phi) is 4.58. The summed E-state index contributed by atoms with van der Waals surface area (Å²) in [5.41, 5.74) is 2.43. The molecule has 0 heterocycles. The summed E-state index contributed by atoms with van der Waals surface area (Å²) in [6, 6.07) is 11.5. The van der Waals surface area contributed by atoms with E-state index in [1.54, 1.807) is 43.3 Å². The molecule has 0 bridgehead atoms. The van der Waals surface area contributed by atoms with E-state index >= 15 is 0 Å². The number of aryl methyl sites for hydroxylation is 1. The molecule has 0 aromatic heterocycles. The first kappa shape index (κ1) is 15.0. The molecule has 0 saturated carbocycles. The Labute approximate surface area is 124 Å². The molecule has 0 fully saturated rings. The monoisotopic (exact) mass is 287 g/mol. The summed E-state index contributed by atoms with van der Waals surface area (Å²) in [5.74, 6) is 0.310. The number of rotatable bonds is 4. The van der Waals surface area contributed by atoms with E-state index in [-0.39, 0.29) is 11.7 Å². The molecule has 2 aromatic carbocycles. The van der Waals surface area contributed by atoms with Crippen molar-refractivity contribution < 1.29 is 13.9 Å². The lowest BCUT2D eigenvalue weighted by atomic mass is 10.1. The van der Waals surface area contributed by atoms with Gasteiger partial charge in [0.25, 0.3) is 5.91 Å². The van der Waals surface area contributed by atoms with Crippen molar-refractivity contribution in [1.29, 1.82) is 0 Å². The van der Waals surface area contributed by atoms with E-state index in [4.69, 9.17) is 4.74 Å². The molecule has 0 aliphatic rings. The van der Waals surface area contributed by atoms with E-state index in [2.05, 4.69) is 0 Å². The first-order valence-corrected chi connectivity index (χ1v) is 6.66. The van der Waals surface area contributed by atoms with Crippen molar-refractivity contribution in [3.8, 4) is 5.75 Å². The summed E-state index contributed by atoms with van der Waals surface area (Å²) in [6.45, 7) is 2.35. The van der Waals surface area contributed by atoms with Gasteiger partial charge in [0.1, 0.15) is 11.6 Å². The minimum Gasteiger partial charge on any atom is -0.496 e. The summed E-state index contributed by atoms with van der Waals surface area (Å²) in [6.07, 6.45) is 0. The van der Waals surface area contributed by atoms with Crippen LogP contribution >= 0.6 is 0 Å². The van der Waals surface area contributed by atoms with E-state index in [1.807, 2.05) is 13.0 Å². The highest BCUT2D eigenvalue weighted by Gasteiger charge is 2.13. The van der Waals surface area contributed by atoms with E-state index in [0.29, 0.717) is 17.9 Å². The van der Waals surface area contributed by atoms with Crippen LogP contribution in [0.2, 0.25) is 0 Å². The van der Waals surface area contributed by atoms with E-state index in [1.165, 1.54) is 12.1 Å². The number of hydrogen-bond donors (Lipinski definition) is 0. The standard InChI is InChI=1S/C17H18FNO2/c1-12-4-7-14(10-16(12)21-3)17(20)19(2)11-13-5-8-15(18)9-6-13/h4-10H,11H2,1-3H3. The van der Waals surface area contributed by atoms with Crippen LogP contribution in [0.1, 0.15) is 21.5 Å². The Morgan fingerprint density at radius 3 is 2.48 bits per heavy atom. The zero-order valence-electron chi connectivity index (χ0n) is 12.4. The van der Waals surface area contributed by atoms with Crippen LogP contribution in [0, 0.1) is 12.7 Å².